The van der Waals surface area contributed by atoms with Gasteiger partial charge in [0.1, 0.15) is 0 Å². The van der Waals surface area contributed by atoms with Gasteiger partial charge in [-0.25, -0.2) is 19.6 Å². The zero-order valence-electron chi connectivity index (χ0n) is 11.6. The van der Waals surface area contributed by atoms with Crippen molar-refractivity contribution in [3.8, 4) is 0 Å². The predicted octanol–water partition coefficient (Wildman–Crippen LogP) is 4.10. The molecule has 0 spiro atoms. The smallest absolute Gasteiger partial charge is 0.330 e. The molecule has 0 atom stereocenters. The highest BCUT2D eigenvalue weighted by molar-refractivity contribution is 9.11. The van der Waals surface area contributed by atoms with Crippen LogP contribution in [-0.4, -0.2) is 34.1 Å². The molecule has 10 heteroatoms. The summed E-state index contributed by atoms with van der Waals surface area (Å²) in [6, 6.07) is 0. The largest absolute Gasteiger partial charge is 0.478 e. The lowest BCUT2D eigenvalue weighted by Gasteiger charge is -1.87. The number of hydrogen-bond acceptors (Lipinski definition) is 7. The topological polar surface area (TPSA) is 89.4 Å². The lowest BCUT2D eigenvalue weighted by Crippen LogP contribution is -1.93. The Morgan fingerprint density at radius 2 is 1.57 bits per heavy atom. The molecule has 6 nitrogen and oxygen atoms in total. The van der Waals surface area contributed by atoms with E-state index in [9.17, 15) is 9.59 Å². The van der Waals surface area contributed by atoms with Gasteiger partial charge in [-0.15, -0.1) is 22.7 Å². The molecule has 0 aromatic carbocycles. The Morgan fingerprint density at radius 1 is 1.09 bits per heavy atom. The van der Waals surface area contributed by atoms with Crippen LogP contribution < -0.4 is 0 Å². The Labute approximate surface area is 156 Å². The zero-order valence-corrected chi connectivity index (χ0v) is 16.4. The van der Waals surface area contributed by atoms with Gasteiger partial charge in [0, 0.05) is 22.9 Å². The van der Waals surface area contributed by atoms with Gasteiger partial charge < -0.3 is 9.84 Å². The van der Waals surface area contributed by atoms with E-state index in [-0.39, 0.29) is 5.97 Å². The van der Waals surface area contributed by atoms with Crippen molar-refractivity contribution in [2.45, 2.75) is 0 Å². The second kappa shape index (κ2) is 10.4. The molecule has 2 aromatic rings. The molecule has 0 bridgehead atoms. The van der Waals surface area contributed by atoms with E-state index in [1.54, 1.807) is 11.5 Å². The molecular weight excluding hydrogens is 472 g/mol. The Kier molecular flexibility index (Phi) is 8.92. The summed E-state index contributed by atoms with van der Waals surface area (Å²) in [6.45, 7) is 0. The predicted molar refractivity (Wildman–Crippen MR) is 97.3 cm³/mol. The maximum absolute atomic E-state index is 10.6. The Morgan fingerprint density at radius 3 is 1.91 bits per heavy atom. The summed E-state index contributed by atoms with van der Waals surface area (Å²) in [5.74, 6) is -1.34. The number of ether oxygens (including phenoxy) is 1. The van der Waals surface area contributed by atoms with Crippen LogP contribution in [0.4, 0.5) is 0 Å². The number of aliphatic carboxylic acids is 1. The number of carboxylic acids is 1. The number of halogens is 2. The highest BCUT2D eigenvalue weighted by atomic mass is 79.9. The summed E-state index contributed by atoms with van der Waals surface area (Å²) in [5, 5.41) is 11.9. The van der Waals surface area contributed by atoms with Crippen molar-refractivity contribution in [2.75, 3.05) is 7.11 Å². The number of thiazole rings is 2. The summed E-state index contributed by atoms with van der Waals surface area (Å²) in [6.07, 6.45) is 5.44. The molecule has 0 aliphatic heterocycles. The molecule has 0 aliphatic carbocycles. The highest BCUT2D eigenvalue weighted by Gasteiger charge is 1.96. The lowest BCUT2D eigenvalue weighted by molar-refractivity contribution is -0.135. The molecule has 0 fully saturated rings. The normalized spacial score (nSPS) is 10.6. The number of methoxy groups -OCH3 is 1. The Hall–Kier alpha value is -1.36. The van der Waals surface area contributed by atoms with E-state index >= 15 is 0 Å². The number of hydrogen-bond donors (Lipinski definition) is 1. The molecule has 0 amide bonds. The summed E-state index contributed by atoms with van der Waals surface area (Å²) < 4.78 is 5.97. The van der Waals surface area contributed by atoms with E-state index in [1.165, 1.54) is 41.9 Å². The van der Waals surface area contributed by atoms with Gasteiger partial charge in [0.05, 0.1) is 18.5 Å². The molecule has 122 valence electrons. The third-order valence-corrected chi connectivity index (χ3v) is 4.74. The van der Waals surface area contributed by atoms with Crippen molar-refractivity contribution in [3.63, 3.8) is 0 Å². The van der Waals surface area contributed by atoms with Crippen LogP contribution in [0.5, 0.6) is 0 Å². The molecule has 0 radical (unpaired) electrons. The number of carbonyl (C=O) groups excluding carboxylic acids is 1. The monoisotopic (exact) mass is 480 g/mol. The SMILES string of the molecule is COC(=O)C=Cc1csc(Br)n1.O=C(O)C=Cc1csc(Br)n1. The van der Waals surface area contributed by atoms with E-state index in [2.05, 4.69) is 46.6 Å². The number of carboxylic acid groups (broad SMARTS) is 1. The summed E-state index contributed by atoms with van der Waals surface area (Å²) in [7, 11) is 1.34. The number of aromatic nitrogens is 2. The minimum Gasteiger partial charge on any atom is -0.478 e. The maximum atomic E-state index is 10.6. The first kappa shape index (κ1) is 19.7. The number of carbonyl (C=O) groups is 2. The molecule has 2 aromatic heterocycles. The van der Waals surface area contributed by atoms with Gasteiger partial charge in [-0.3, -0.25) is 0 Å². The highest BCUT2D eigenvalue weighted by Crippen LogP contribution is 2.17. The first-order chi connectivity index (χ1) is 10.9. The summed E-state index contributed by atoms with van der Waals surface area (Å²) >= 11 is 9.26. The molecule has 0 aliphatic rings. The molecule has 23 heavy (non-hydrogen) atoms. The standard InChI is InChI=1S/C7H6BrNO2S.C6H4BrNO2S/c1-11-6(10)3-2-5-4-12-7(8)9-5;7-6-8-4(3-11-6)1-2-5(9)10/h2-4H,1H3;1-3H,(H,9,10). The molecule has 1 N–H and O–H groups in total. The van der Waals surface area contributed by atoms with Crippen molar-refractivity contribution in [1.29, 1.82) is 0 Å². The van der Waals surface area contributed by atoms with Crippen LogP contribution in [0.3, 0.4) is 0 Å². The Balaban J connectivity index is 0.000000231. The third-order valence-electron chi connectivity index (χ3n) is 1.98. The first-order valence-electron chi connectivity index (χ1n) is 5.79. The maximum Gasteiger partial charge on any atom is 0.330 e. The second-order valence-corrected chi connectivity index (χ2v) is 7.85. The average molecular weight is 482 g/mol. The van der Waals surface area contributed by atoms with Crippen LogP contribution in [0.2, 0.25) is 0 Å². The minimum absolute atomic E-state index is 0.376. The molecule has 0 saturated carbocycles. The fourth-order valence-electron chi connectivity index (χ4n) is 1.06. The van der Waals surface area contributed by atoms with Crippen molar-refractivity contribution in [3.05, 3.63) is 42.1 Å². The summed E-state index contributed by atoms with van der Waals surface area (Å²) in [4.78, 5) is 28.7. The summed E-state index contributed by atoms with van der Waals surface area (Å²) in [5.41, 5.74) is 1.40. The van der Waals surface area contributed by atoms with Gasteiger partial charge in [-0.05, 0) is 44.0 Å². The van der Waals surface area contributed by atoms with Gasteiger partial charge in [-0.2, -0.15) is 0 Å². The number of rotatable bonds is 4. The first-order valence-corrected chi connectivity index (χ1v) is 9.14. The third kappa shape index (κ3) is 8.74. The minimum atomic E-state index is -0.964. The van der Waals surface area contributed by atoms with Crippen LogP contribution in [0.1, 0.15) is 11.4 Å². The van der Waals surface area contributed by atoms with Crippen molar-refractivity contribution >= 4 is 78.6 Å². The van der Waals surface area contributed by atoms with Gasteiger partial charge in [0.15, 0.2) is 7.83 Å². The fourth-order valence-corrected chi connectivity index (χ4v) is 3.04. The fraction of sp³-hybridized carbons (Fsp3) is 0.0769. The van der Waals surface area contributed by atoms with Crippen LogP contribution in [-0.2, 0) is 14.3 Å². The van der Waals surface area contributed by atoms with Crippen LogP contribution in [0.15, 0.2) is 30.7 Å². The van der Waals surface area contributed by atoms with E-state index in [4.69, 9.17) is 5.11 Å². The van der Waals surface area contributed by atoms with Crippen molar-refractivity contribution < 1.29 is 19.4 Å². The van der Waals surface area contributed by atoms with Gasteiger partial charge >= 0.3 is 11.9 Å². The molecule has 2 rings (SSSR count). The van der Waals surface area contributed by atoms with Gasteiger partial charge in [0.25, 0.3) is 0 Å². The van der Waals surface area contributed by atoms with Crippen molar-refractivity contribution in [1.82, 2.24) is 9.97 Å². The van der Waals surface area contributed by atoms with Crippen LogP contribution in [0.25, 0.3) is 12.2 Å². The molecule has 0 unspecified atom stereocenters. The average Bonchev–Trinajstić information content (AvgIpc) is 3.11. The van der Waals surface area contributed by atoms with Gasteiger partial charge in [-0.1, -0.05) is 0 Å². The molecule has 2 heterocycles. The molecule has 0 saturated heterocycles. The van der Waals surface area contributed by atoms with E-state index in [1.807, 2.05) is 5.38 Å². The quantitative estimate of drug-likeness (QED) is 0.522. The number of esters is 1. The zero-order chi connectivity index (χ0) is 17.2. The van der Waals surface area contributed by atoms with Gasteiger partial charge in [0.2, 0.25) is 0 Å². The number of nitrogens with zero attached hydrogens (tertiary/aromatic N) is 2. The van der Waals surface area contributed by atoms with E-state index in [0.717, 1.165) is 19.6 Å². The van der Waals surface area contributed by atoms with Crippen LogP contribution in [0, 0.1) is 0 Å². The molecular formula is C13H10Br2N2O4S2. The Bertz CT molecular complexity index is 725. The van der Waals surface area contributed by atoms with Crippen molar-refractivity contribution in [2.24, 2.45) is 0 Å². The van der Waals surface area contributed by atoms with E-state index in [0.29, 0.717) is 5.69 Å². The lowest BCUT2D eigenvalue weighted by atomic mass is 10.4. The second-order valence-electron chi connectivity index (χ2n) is 3.58. The van der Waals surface area contributed by atoms with Crippen LogP contribution >= 0.6 is 54.5 Å². The van der Waals surface area contributed by atoms with E-state index < -0.39 is 5.97 Å².